The first-order valence-electron chi connectivity index (χ1n) is 11.6. The number of aromatic amines is 1. The van der Waals surface area contributed by atoms with Gasteiger partial charge < -0.3 is 20.3 Å². The second kappa shape index (κ2) is 10.5. The summed E-state index contributed by atoms with van der Waals surface area (Å²) in [6.45, 7) is 3.43. The van der Waals surface area contributed by atoms with E-state index >= 15 is 0 Å². The molecule has 3 N–H and O–H groups in total. The van der Waals surface area contributed by atoms with Crippen LogP contribution in [0.15, 0.2) is 35.1 Å². The molecule has 1 saturated heterocycles. The molecule has 0 spiro atoms. The number of H-pyrrole nitrogens is 1. The zero-order chi connectivity index (χ0) is 24.1. The number of nitrogens with zero attached hydrogens (tertiary/aromatic N) is 2. The van der Waals surface area contributed by atoms with Crippen LogP contribution in [-0.4, -0.2) is 54.0 Å². The number of hydrogen-bond acceptors (Lipinski definition) is 7. The van der Waals surface area contributed by atoms with Gasteiger partial charge in [-0.3, -0.25) is 24.2 Å². The summed E-state index contributed by atoms with van der Waals surface area (Å²) < 4.78 is 5.14. The quantitative estimate of drug-likeness (QED) is 0.523. The van der Waals surface area contributed by atoms with Gasteiger partial charge in [0.15, 0.2) is 0 Å². The maximum Gasteiger partial charge on any atom is 0.310 e. The molecule has 10 nitrogen and oxygen atoms in total. The Bertz CT molecular complexity index is 1120. The molecular weight excluding hydrogens is 438 g/mol. The first-order chi connectivity index (χ1) is 16.5. The van der Waals surface area contributed by atoms with Gasteiger partial charge in [-0.1, -0.05) is 30.3 Å². The van der Waals surface area contributed by atoms with Crippen molar-refractivity contribution in [2.45, 2.75) is 38.5 Å². The van der Waals surface area contributed by atoms with Gasteiger partial charge in [0.2, 0.25) is 17.8 Å². The van der Waals surface area contributed by atoms with E-state index in [9.17, 15) is 19.2 Å². The number of piperidine rings is 1. The summed E-state index contributed by atoms with van der Waals surface area (Å²) >= 11 is 0. The Balaban J connectivity index is 1.50. The lowest BCUT2D eigenvalue weighted by Crippen LogP contribution is -2.43. The Hall–Kier alpha value is -3.69. The summed E-state index contributed by atoms with van der Waals surface area (Å²) in [5.74, 6) is -1.89. The number of nitrogens with one attached hydrogen (secondary N) is 3. The van der Waals surface area contributed by atoms with E-state index in [-0.39, 0.29) is 47.5 Å². The minimum absolute atomic E-state index is 0.0940. The molecule has 2 amide bonds. The fraction of sp³-hybridized carbons (Fsp3) is 0.458. The van der Waals surface area contributed by atoms with Crippen LogP contribution in [0.4, 0.5) is 11.8 Å². The number of rotatable bonds is 7. The van der Waals surface area contributed by atoms with E-state index in [1.54, 1.807) is 6.92 Å². The fourth-order valence-corrected chi connectivity index (χ4v) is 4.45. The molecule has 0 aliphatic carbocycles. The van der Waals surface area contributed by atoms with Crippen LogP contribution in [0.5, 0.6) is 0 Å². The molecule has 0 radical (unpaired) electrons. The van der Waals surface area contributed by atoms with Gasteiger partial charge in [-0.25, -0.2) is 0 Å². The summed E-state index contributed by atoms with van der Waals surface area (Å²) in [5.41, 5.74) is 0.761. The third-order valence-corrected chi connectivity index (χ3v) is 6.15. The molecule has 4 rings (SSSR count). The number of esters is 1. The summed E-state index contributed by atoms with van der Waals surface area (Å²) in [6.07, 6.45) is 1.96. The normalized spacial score (nSPS) is 19.7. The minimum Gasteiger partial charge on any atom is -0.466 e. The number of ether oxygens (including phenoxy) is 1. The van der Waals surface area contributed by atoms with Gasteiger partial charge in [0.05, 0.1) is 24.0 Å². The molecule has 3 heterocycles. The predicted octanol–water partition coefficient (Wildman–Crippen LogP) is 1.33. The van der Waals surface area contributed by atoms with Crippen molar-refractivity contribution in [1.29, 1.82) is 0 Å². The summed E-state index contributed by atoms with van der Waals surface area (Å²) in [6, 6.07) is 9.73. The van der Waals surface area contributed by atoms with Crippen LogP contribution in [-0.2, 0) is 25.5 Å². The number of carbonyl (C=O) groups excluding carboxylic acids is 3. The number of carbonyl (C=O) groups is 3. The van der Waals surface area contributed by atoms with Crippen LogP contribution in [0.3, 0.4) is 0 Å². The summed E-state index contributed by atoms with van der Waals surface area (Å²) in [4.78, 5) is 59.4. The number of aromatic nitrogens is 2. The number of anilines is 2. The van der Waals surface area contributed by atoms with Gasteiger partial charge in [0.25, 0.3) is 5.56 Å². The molecule has 0 unspecified atom stereocenters. The molecule has 1 aromatic heterocycles. The average Bonchev–Trinajstić information content (AvgIpc) is 2.84. The highest BCUT2D eigenvalue weighted by molar-refractivity contribution is 6.00. The van der Waals surface area contributed by atoms with Gasteiger partial charge >= 0.3 is 5.97 Å². The third-order valence-electron chi connectivity index (χ3n) is 6.15. The van der Waals surface area contributed by atoms with E-state index in [2.05, 4.69) is 20.6 Å². The van der Waals surface area contributed by atoms with Crippen LogP contribution >= 0.6 is 0 Å². The van der Waals surface area contributed by atoms with E-state index in [0.717, 1.165) is 12.0 Å². The van der Waals surface area contributed by atoms with Gasteiger partial charge in [-0.05, 0) is 31.7 Å². The van der Waals surface area contributed by atoms with Gasteiger partial charge in [0, 0.05) is 26.1 Å². The molecular formula is C24H29N5O5. The van der Waals surface area contributed by atoms with E-state index in [4.69, 9.17) is 4.74 Å². The topological polar surface area (TPSA) is 133 Å². The van der Waals surface area contributed by atoms with Crippen LogP contribution < -0.4 is 21.1 Å². The standard InChI is InChI=1S/C24H29N5O5/c1-2-34-23(33)16-9-6-12-29(14-16)24-27-20-19(22(32)28-24)17(13-18(30)26-20)21(31)25-11-10-15-7-4-3-5-8-15/h3-5,7-8,16-17H,2,6,9-14H2,1H3,(H,25,31)(H2,26,27,28,30,32)/t16-,17+/m0/s1. The van der Waals surface area contributed by atoms with Crippen molar-refractivity contribution in [3.05, 3.63) is 51.8 Å². The van der Waals surface area contributed by atoms with Gasteiger partial charge in [-0.15, -0.1) is 0 Å². The number of hydrogen-bond donors (Lipinski definition) is 3. The molecule has 2 aliphatic heterocycles. The average molecular weight is 468 g/mol. The lowest BCUT2D eigenvalue weighted by molar-refractivity contribution is -0.148. The van der Waals surface area contributed by atoms with E-state index in [0.29, 0.717) is 39.1 Å². The Labute approximate surface area is 197 Å². The first-order valence-corrected chi connectivity index (χ1v) is 11.6. The van der Waals surface area contributed by atoms with E-state index in [1.165, 1.54) is 0 Å². The Kier molecular flexibility index (Phi) is 7.24. The smallest absolute Gasteiger partial charge is 0.310 e. The van der Waals surface area contributed by atoms with Crippen molar-refractivity contribution in [2.24, 2.45) is 5.92 Å². The molecule has 10 heteroatoms. The molecule has 1 aromatic carbocycles. The van der Waals surface area contributed by atoms with Crippen LogP contribution in [0.2, 0.25) is 0 Å². The zero-order valence-corrected chi connectivity index (χ0v) is 19.1. The van der Waals surface area contributed by atoms with E-state index < -0.39 is 11.5 Å². The van der Waals surface area contributed by atoms with Crippen LogP contribution in [0.25, 0.3) is 0 Å². The zero-order valence-electron chi connectivity index (χ0n) is 19.1. The van der Waals surface area contributed by atoms with Crippen molar-refractivity contribution in [1.82, 2.24) is 15.3 Å². The molecule has 2 atom stereocenters. The Morgan fingerprint density at radius 3 is 2.79 bits per heavy atom. The SMILES string of the molecule is CCOC(=O)[C@H]1CCCN(c2nc3c(c(=O)[nH]2)[C@H](C(=O)NCCc2ccccc2)CC(=O)N3)C1. The molecule has 34 heavy (non-hydrogen) atoms. The molecule has 0 bridgehead atoms. The maximum absolute atomic E-state index is 13.0. The molecule has 180 valence electrons. The Morgan fingerprint density at radius 2 is 2.03 bits per heavy atom. The van der Waals surface area contributed by atoms with Crippen LogP contribution in [0, 0.1) is 5.92 Å². The van der Waals surface area contributed by atoms with Crippen molar-refractivity contribution >= 4 is 29.5 Å². The monoisotopic (exact) mass is 467 g/mol. The van der Waals surface area contributed by atoms with Crippen molar-refractivity contribution in [2.75, 3.05) is 36.5 Å². The highest BCUT2D eigenvalue weighted by atomic mass is 16.5. The van der Waals surface area contributed by atoms with Gasteiger partial charge in [0.1, 0.15) is 5.82 Å². The summed E-state index contributed by atoms with van der Waals surface area (Å²) in [7, 11) is 0. The maximum atomic E-state index is 13.0. The number of fused-ring (bicyclic) bond motifs is 1. The predicted molar refractivity (Wildman–Crippen MR) is 126 cm³/mol. The van der Waals surface area contributed by atoms with E-state index in [1.807, 2.05) is 35.2 Å². The highest BCUT2D eigenvalue weighted by Crippen LogP contribution is 2.30. The lowest BCUT2D eigenvalue weighted by atomic mass is 9.92. The first kappa shape index (κ1) is 23.5. The highest BCUT2D eigenvalue weighted by Gasteiger charge is 2.36. The molecule has 2 aromatic rings. The molecule has 0 saturated carbocycles. The lowest BCUT2D eigenvalue weighted by Gasteiger charge is -2.32. The van der Waals surface area contributed by atoms with Crippen LogP contribution in [0.1, 0.15) is 43.2 Å². The number of amides is 2. The Morgan fingerprint density at radius 1 is 1.24 bits per heavy atom. The summed E-state index contributed by atoms with van der Waals surface area (Å²) in [5, 5.41) is 5.47. The fourth-order valence-electron chi connectivity index (χ4n) is 4.45. The third kappa shape index (κ3) is 5.27. The minimum atomic E-state index is -0.918. The van der Waals surface area contributed by atoms with Crippen molar-refractivity contribution < 1.29 is 19.1 Å². The largest absolute Gasteiger partial charge is 0.466 e. The van der Waals surface area contributed by atoms with Crippen molar-refractivity contribution in [3.63, 3.8) is 0 Å². The van der Waals surface area contributed by atoms with Crippen molar-refractivity contribution in [3.8, 4) is 0 Å². The second-order valence-electron chi connectivity index (χ2n) is 8.52. The number of benzene rings is 1. The molecule has 1 fully saturated rings. The van der Waals surface area contributed by atoms with Gasteiger partial charge in [-0.2, -0.15) is 4.98 Å². The molecule has 2 aliphatic rings. The second-order valence-corrected chi connectivity index (χ2v) is 8.52.